The summed E-state index contributed by atoms with van der Waals surface area (Å²) in [6.07, 6.45) is 6.35. The summed E-state index contributed by atoms with van der Waals surface area (Å²) in [4.78, 5) is 0.147. The fourth-order valence-electron chi connectivity index (χ4n) is 4.42. The Labute approximate surface area is 91.2 Å². The second kappa shape index (κ2) is 2.68. The van der Waals surface area contributed by atoms with Gasteiger partial charge in [0.15, 0.2) is 0 Å². The molecule has 2 heteroatoms. The van der Waals surface area contributed by atoms with Crippen LogP contribution in [0.1, 0.15) is 39.0 Å². The van der Waals surface area contributed by atoms with Gasteiger partial charge in [-0.3, -0.25) is 0 Å². The summed E-state index contributed by atoms with van der Waals surface area (Å²) in [6, 6.07) is 0. The molecule has 14 heavy (non-hydrogen) atoms. The molecule has 4 rings (SSSR count). The molecule has 4 fully saturated rings. The molecule has 0 amide bonds. The summed E-state index contributed by atoms with van der Waals surface area (Å²) in [5.74, 6) is 2.33. The Morgan fingerprint density at radius 3 is 2.14 bits per heavy atom. The standard InChI is InChI=1S/C12H19ClO/c1-11(14-2)9-3-8-4-10(11)7-12(13,5-8)6-9/h8-10H,3-7H2,1-2H3. The molecule has 0 radical (unpaired) electrons. The van der Waals surface area contributed by atoms with Gasteiger partial charge < -0.3 is 4.74 Å². The van der Waals surface area contributed by atoms with Crippen molar-refractivity contribution in [2.45, 2.75) is 49.5 Å². The molecule has 4 aliphatic rings. The van der Waals surface area contributed by atoms with E-state index in [-0.39, 0.29) is 10.5 Å². The van der Waals surface area contributed by atoms with E-state index >= 15 is 0 Å². The second-order valence-corrected chi connectivity index (χ2v) is 6.68. The van der Waals surface area contributed by atoms with Crippen LogP contribution in [0.5, 0.6) is 0 Å². The normalized spacial score (nSPS) is 60.6. The molecular formula is C12H19ClO. The quantitative estimate of drug-likeness (QED) is 0.610. The Hall–Kier alpha value is 0.250. The molecule has 0 aromatic rings. The van der Waals surface area contributed by atoms with Crippen molar-refractivity contribution < 1.29 is 4.74 Å². The fraction of sp³-hybridized carbons (Fsp3) is 1.00. The van der Waals surface area contributed by atoms with Crippen LogP contribution >= 0.6 is 11.6 Å². The Morgan fingerprint density at radius 1 is 1.14 bits per heavy atom. The van der Waals surface area contributed by atoms with Crippen LogP contribution in [-0.4, -0.2) is 17.6 Å². The maximum Gasteiger partial charge on any atom is 0.0708 e. The molecule has 80 valence electrons. The maximum absolute atomic E-state index is 6.66. The number of ether oxygens (including phenoxy) is 1. The van der Waals surface area contributed by atoms with Crippen molar-refractivity contribution in [2.24, 2.45) is 17.8 Å². The van der Waals surface area contributed by atoms with E-state index in [4.69, 9.17) is 16.3 Å². The zero-order valence-corrected chi connectivity index (χ0v) is 9.81. The molecular weight excluding hydrogens is 196 g/mol. The smallest absolute Gasteiger partial charge is 0.0708 e. The van der Waals surface area contributed by atoms with Crippen molar-refractivity contribution in [3.8, 4) is 0 Å². The third-order valence-corrected chi connectivity index (χ3v) is 5.64. The predicted molar refractivity (Wildman–Crippen MR) is 57.6 cm³/mol. The Kier molecular flexibility index (Phi) is 1.81. The molecule has 1 nitrogen and oxygen atoms in total. The molecule has 0 aromatic heterocycles. The highest BCUT2D eigenvalue weighted by Gasteiger charge is 2.60. The highest BCUT2D eigenvalue weighted by molar-refractivity contribution is 6.24. The SMILES string of the molecule is COC1(C)C2CC3CC1CC(Cl)(C3)C2. The van der Waals surface area contributed by atoms with E-state index in [0.717, 1.165) is 17.8 Å². The van der Waals surface area contributed by atoms with Crippen LogP contribution in [0.25, 0.3) is 0 Å². The van der Waals surface area contributed by atoms with E-state index in [1.807, 2.05) is 7.11 Å². The maximum atomic E-state index is 6.66. The van der Waals surface area contributed by atoms with Crippen LogP contribution in [0, 0.1) is 17.8 Å². The van der Waals surface area contributed by atoms with Crippen molar-refractivity contribution in [1.82, 2.24) is 0 Å². The third kappa shape index (κ3) is 1.06. The zero-order chi connectivity index (χ0) is 9.97. The second-order valence-electron chi connectivity index (χ2n) is 5.88. The number of hydrogen-bond donors (Lipinski definition) is 0. The van der Waals surface area contributed by atoms with Crippen LogP contribution in [0.4, 0.5) is 0 Å². The van der Waals surface area contributed by atoms with E-state index in [2.05, 4.69) is 6.92 Å². The summed E-state index contributed by atoms with van der Waals surface area (Å²) in [7, 11) is 1.88. The Balaban J connectivity index is 1.96. The lowest BCUT2D eigenvalue weighted by atomic mass is 9.50. The van der Waals surface area contributed by atoms with Crippen molar-refractivity contribution in [2.75, 3.05) is 7.11 Å². The number of rotatable bonds is 1. The van der Waals surface area contributed by atoms with E-state index in [1.54, 1.807) is 0 Å². The molecule has 0 aliphatic heterocycles. The minimum atomic E-state index is 0.134. The Bertz CT molecular complexity index is 247. The molecule has 4 saturated carbocycles. The molecule has 0 heterocycles. The monoisotopic (exact) mass is 214 g/mol. The molecule has 2 atom stereocenters. The topological polar surface area (TPSA) is 9.23 Å². The first-order chi connectivity index (χ1) is 6.56. The van der Waals surface area contributed by atoms with E-state index in [0.29, 0.717) is 0 Å². The lowest BCUT2D eigenvalue weighted by molar-refractivity contribution is -0.173. The van der Waals surface area contributed by atoms with Gasteiger partial charge in [-0.15, -0.1) is 11.6 Å². The van der Waals surface area contributed by atoms with Gasteiger partial charge in [-0.1, -0.05) is 0 Å². The van der Waals surface area contributed by atoms with Crippen molar-refractivity contribution in [3.63, 3.8) is 0 Å². The zero-order valence-electron chi connectivity index (χ0n) is 9.05. The van der Waals surface area contributed by atoms with Gasteiger partial charge in [-0.2, -0.15) is 0 Å². The highest BCUT2D eigenvalue weighted by atomic mass is 35.5. The lowest BCUT2D eigenvalue weighted by Gasteiger charge is -2.62. The average Bonchev–Trinajstić information content (AvgIpc) is 2.11. The molecule has 0 N–H and O–H groups in total. The summed E-state index contributed by atoms with van der Waals surface area (Å²) >= 11 is 6.66. The van der Waals surface area contributed by atoms with Crippen LogP contribution in [0.2, 0.25) is 0 Å². The van der Waals surface area contributed by atoms with Crippen molar-refractivity contribution in [3.05, 3.63) is 0 Å². The van der Waals surface area contributed by atoms with Crippen molar-refractivity contribution in [1.29, 1.82) is 0 Å². The van der Waals surface area contributed by atoms with E-state index in [1.165, 1.54) is 32.1 Å². The number of halogens is 1. The molecule has 2 unspecified atom stereocenters. The molecule has 0 saturated heterocycles. The summed E-state index contributed by atoms with van der Waals surface area (Å²) in [5.41, 5.74) is 0.134. The molecule has 4 aliphatic carbocycles. The minimum absolute atomic E-state index is 0.134. The first-order valence-corrected chi connectivity index (χ1v) is 6.18. The van der Waals surface area contributed by atoms with Crippen LogP contribution in [-0.2, 0) is 4.74 Å². The molecule has 0 spiro atoms. The van der Waals surface area contributed by atoms with Crippen LogP contribution in [0.3, 0.4) is 0 Å². The highest BCUT2D eigenvalue weighted by Crippen LogP contribution is 2.62. The molecule has 0 aromatic carbocycles. The largest absolute Gasteiger partial charge is 0.378 e. The van der Waals surface area contributed by atoms with Crippen LogP contribution < -0.4 is 0 Å². The summed E-state index contributed by atoms with van der Waals surface area (Å²) in [6.45, 7) is 2.31. The van der Waals surface area contributed by atoms with Gasteiger partial charge in [0.2, 0.25) is 0 Å². The van der Waals surface area contributed by atoms with E-state index < -0.39 is 0 Å². The number of methoxy groups -OCH3 is 1. The fourth-order valence-corrected chi connectivity index (χ4v) is 5.02. The summed E-state index contributed by atoms with van der Waals surface area (Å²) < 4.78 is 5.80. The minimum Gasteiger partial charge on any atom is -0.378 e. The van der Waals surface area contributed by atoms with Gasteiger partial charge in [0.25, 0.3) is 0 Å². The van der Waals surface area contributed by atoms with Gasteiger partial charge in [0.05, 0.1) is 5.60 Å². The Morgan fingerprint density at radius 2 is 1.71 bits per heavy atom. The van der Waals surface area contributed by atoms with Gasteiger partial charge in [0.1, 0.15) is 0 Å². The van der Waals surface area contributed by atoms with Crippen LogP contribution in [0.15, 0.2) is 0 Å². The lowest BCUT2D eigenvalue weighted by Crippen LogP contribution is -2.61. The molecule has 4 bridgehead atoms. The number of alkyl halides is 1. The van der Waals surface area contributed by atoms with Gasteiger partial charge in [-0.25, -0.2) is 0 Å². The van der Waals surface area contributed by atoms with Gasteiger partial charge in [-0.05, 0) is 56.8 Å². The summed E-state index contributed by atoms with van der Waals surface area (Å²) in [5, 5.41) is 0. The average molecular weight is 215 g/mol. The van der Waals surface area contributed by atoms with Crippen molar-refractivity contribution >= 4 is 11.6 Å². The number of hydrogen-bond acceptors (Lipinski definition) is 1. The third-order valence-electron chi connectivity index (χ3n) is 5.18. The first kappa shape index (κ1) is 9.47. The van der Waals surface area contributed by atoms with Gasteiger partial charge in [0, 0.05) is 12.0 Å². The predicted octanol–water partition coefficient (Wildman–Crippen LogP) is 3.21. The van der Waals surface area contributed by atoms with E-state index in [9.17, 15) is 0 Å². The van der Waals surface area contributed by atoms with Gasteiger partial charge >= 0.3 is 0 Å². The first-order valence-electron chi connectivity index (χ1n) is 5.80.